The minimum atomic E-state index is -0.142. The molecule has 2 N–H and O–H groups in total. The molecule has 1 aliphatic rings. The maximum Gasteiger partial charge on any atom is 0.224 e. The lowest BCUT2D eigenvalue weighted by Crippen LogP contribution is -1.98. The zero-order chi connectivity index (χ0) is 11.4. The maximum absolute atomic E-state index is 11.3. The van der Waals surface area contributed by atoms with Crippen LogP contribution in [0, 0.1) is 0 Å². The zero-order valence-electron chi connectivity index (χ0n) is 8.38. The minimum absolute atomic E-state index is 0.0913. The van der Waals surface area contributed by atoms with Gasteiger partial charge in [-0.2, -0.15) is 5.10 Å². The molecule has 1 heterocycles. The van der Waals surface area contributed by atoms with Crippen molar-refractivity contribution in [2.45, 2.75) is 0 Å². The number of aliphatic hydroxyl groups is 1. The second-order valence-corrected chi connectivity index (χ2v) is 4.12. The Balaban J connectivity index is 2.01. The Morgan fingerprint density at radius 3 is 2.75 bits per heavy atom. The van der Waals surface area contributed by atoms with Gasteiger partial charge in [0.05, 0.1) is 23.2 Å². The Morgan fingerprint density at radius 2 is 2.12 bits per heavy atom. The highest BCUT2D eigenvalue weighted by Gasteiger charge is 2.21. The van der Waals surface area contributed by atoms with Gasteiger partial charge in [-0.1, -0.05) is 30.0 Å². The number of carbonyl (C=O) groups excluding carboxylic acids is 1. The van der Waals surface area contributed by atoms with Crippen molar-refractivity contribution in [3.63, 3.8) is 0 Å². The predicted molar refractivity (Wildman–Crippen MR) is 65.7 cm³/mol. The predicted octanol–water partition coefficient (Wildman–Crippen LogP) is 2.17. The molecule has 0 spiro atoms. The van der Waals surface area contributed by atoms with Crippen LogP contribution in [0.2, 0.25) is 0 Å². The van der Waals surface area contributed by atoms with E-state index in [-0.39, 0.29) is 16.4 Å². The Morgan fingerprint density at radius 1 is 1.38 bits per heavy atom. The number of rotatable bonds is 3. The first-order valence-electron chi connectivity index (χ1n) is 4.71. The summed E-state index contributed by atoms with van der Waals surface area (Å²) in [6, 6.07) is 9.38. The van der Waals surface area contributed by atoms with E-state index in [1.807, 2.05) is 30.3 Å². The van der Waals surface area contributed by atoms with Gasteiger partial charge in [0.15, 0.2) is 0 Å². The highest BCUT2D eigenvalue weighted by molar-refractivity contribution is 8.14. The van der Waals surface area contributed by atoms with Crippen molar-refractivity contribution in [3.8, 4) is 0 Å². The SMILES string of the molecule is O=C1SCC(O)=C1/C=N/Nc1ccccc1. The third-order valence-corrected chi connectivity index (χ3v) is 2.93. The number of benzene rings is 1. The fourth-order valence-electron chi connectivity index (χ4n) is 1.22. The Kier molecular flexibility index (Phi) is 3.26. The number of anilines is 1. The molecule has 1 aromatic carbocycles. The topological polar surface area (TPSA) is 61.7 Å². The van der Waals surface area contributed by atoms with E-state index in [0.717, 1.165) is 17.4 Å². The van der Waals surface area contributed by atoms with Gasteiger partial charge in [-0.05, 0) is 12.1 Å². The summed E-state index contributed by atoms with van der Waals surface area (Å²) in [5, 5.41) is 13.1. The monoisotopic (exact) mass is 234 g/mol. The van der Waals surface area contributed by atoms with Crippen molar-refractivity contribution in [1.82, 2.24) is 0 Å². The Labute approximate surface area is 97.1 Å². The van der Waals surface area contributed by atoms with E-state index in [9.17, 15) is 9.90 Å². The second kappa shape index (κ2) is 4.85. The van der Waals surface area contributed by atoms with Crippen LogP contribution in [0.1, 0.15) is 0 Å². The molecule has 1 aliphatic heterocycles. The molecule has 4 nitrogen and oxygen atoms in total. The van der Waals surface area contributed by atoms with Crippen LogP contribution in [0.25, 0.3) is 0 Å². The van der Waals surface area contributed by atoms with E-state index in [0.29, 0.717) is 5.75 Å². The van der Waals surface area contributed by atoms with Gasteiger partial charge in [-0.3, -0.25) is 10.2 Å². The quantitative estimate of drug-likeness (QED) is 0.621. The van der Waals surface area contributed by atoms with Crippen LogP contribution >= 0.6 is 11.8 Å². The van der Waals surface area contributed by atoms with Crippen molar-refractivity contribution >= 4 is 28.8 Å². The average molecular weight is 234 g/mol. The highest BCUT2D eigenvalue weighted by atomic mass is 32.2. The van der Waals surface area contributed by atoms with Gasteiger partial charge >= 0.3 is 0 Å². The van der Waals surface area contributed by atoms with Gasteiger partial charge in [-0.15, -0.1) is 0 Å². The molecular formula is C11H10N2O2S. The fourth-order valence-corrected chi connectivity index (χ4v) is 1.97. The van der Waals surface area contributed by atoms with Crippen LogP contribution in [0.5, 0.6) is 0 Å². The summed E-state index contributed by atoms with van der Waals surface area (Å²) in [6.07, 6.45) is 1.35. The number of carbonyl (C=O) groups is 1. The molecule has 5 heteroatoms. The molecule has 0 saturated carbocycles. The van der Waals surface area contributed by atoms with E-state index in [2.05, 4.69) is 10.5 Å². The second-order valence-electron chi connectivity index (χ2n) is 3.17. The summed E-state index contributed by atoms with van der Waals surface area (Å²) in [4.78, 5) is 11.3. The van der Waals surface area contributed by atoms with Crippen molar-refractivity contribution in [2.24, 2.45) is 5.10 Å². The van der Waals surface area contributed by atoms with Crippen LogP contribution in [0.4, 0.5) is 5.69 Å². The highest BCUT2D eigenvalue weighted by Crippen LogP contribution is 2.23. The smallest absolute Gasteiger partial charge is 0.224 e. The molecule has 0 aromatic heterocycles. The number of nitrogens with one attached hydrogen (secondary N) is 1. The summed E-state index contributed by atoms with van der Waals surface area (Å²) in [6.45, 7) is 0. The van der Waals surface area contributed by atoms with Crippen molar-refractivity contribution in [3.05, 3.63) is 41.7 Å². The average Bonchev–Trinajstić information content (AvgIpc) is 2.62. The number of aliphatic hydroxyl groups excluding tert-OH is 1. The summed E-state index contributed by atoms with van der Waals surface area (Å²) >= 11 is 1.08. The van der Waals surface area contributed by atoms with Gasteiger partial charge < -0.3 is 5.11 Å². The van der Waals surface area contributed by atoms with Crippen LogP contribution in [-0.2, 0) is 4.79 Å². The molecule has 1 aromatic rings. The molecule has 0 aliphatic carbocycles. The Bertz CT molecular complexity index is 454. The number of nitrogens with zero attached hydrogens (tertiary/aromatic N) is 1. The molecule has 0 amide bonds. The normalized spacial score (nSPS) is 16.1. The first kappa shape index (κ1) is 10.8. The van der Waals surface area contributed by atoms with Gasteiger partial charge in [-0.25, -0.2) is 0 Å². The van der Waals surface area contributed by atoms with E-state index >= 15 is 0 Å². The molecular weight excluding hydrogens is 224 g/mol. The first-order valence-corrected chi connectivity index (χ1v) is 5.69. The van der Waals surface area contributed by atoms with Crippen LogP contribution < -0.4 is 5.43 Å². The number of para-hydroxylation sites is 1. The number of thioether (sulfide) groups is 1. The van der Waals surface area contributed by atoms with Crippen molar-refractivity contribution in [1.29, 1.82) is 0 Å². The van der Waals surface area contributed by atoms with Gasteiger partial charge in [0.2, 0.25) is 5.12 Å². The molecule has 16 heavy (non-hydrogen) atoms. The summed E-state index contributed by atoms with van der Waals surface area (Å²) in [5.41, 5.74) is 3.88. The summed E-state index contributed by atoms with van der Waals surface area (Å²) in [5.74, 6) is 0.430. The molecule has 0 atom stereocenters. The van der Waals surface area contributed by atoms with E-state index in [1.165, 1.54) is 6.21 Å². The van der Waals surface area contributed by atoms with E-state index in [4.69, 9.17) is 0 Å². The summed E-state index contributed by atoms with van der Waals surface area (Å²) < 4.78 is 0. The van der Waals surface area contributed by atoms with E-state index < -0.39 is 0 Å². The minimum Gasteiger partial charge on any atom is -0.511 e. The summed E-state index contributed by atoms with van der Waals surface area (Å²) in [7, 11) is 0. The number of hydrazone groups is 1. The van der Waals surface area contributed by atoms with Gasteiger partial charge in [0.1, 0.15) is 5.76 Å². The Hall–Kier alpha value is -1.75. The van der Waals surface area contributed by atoms with Gasteiger partial charge in [0.25, 0.3) is 0 Å². The fraction of sp³-hybridized carbons (Fsp3) is 0.0909. The number of hydrogen-bond donors (Lipinski definition) is 2. The third-order valence-electron chi connectivity index (χ3n) is 2.03. The molecule has 0 fully saturated rings. The lowest BCUT2D eigenvalue weighted by Gasteiger charge is -1.98. The number of hydrogen-bond acceptors (Lipinski definition) is 5. The molecule has 82 valence electrons. The first-order chi connectivity index (χ1) is 7.77. The van der Waals surface area contributed by atoms with Gasteiger partial charge in [0, 0.05) is 0 Å². The van der Waals surface area contributed by atoms with E-state index in [1.54, 1.807) is 0 Å². The van der Waals surface area contributed by atoms with Crippen molar-refractivity contribution < 1.29 is 9.90 Å². The lowest BCUT2D eigenvalue weighted by atomic mass is 10.3. The molecule has 2 rings (SSSR count). The van der Waals surface area contributed by atoms with Crippen LogP contribution in [0.3, 0.4) is 0 Å². The molecule has 0 radical (unpaired) electrons. The largest absolute Gasteiger partial charge is 0.511 e. The maximum atomic E-state index is 11.3. The van der Waals surface area contributed by atoms with Crippen LogP contribution in [-0.4, -0.2) is 22.2 Å². The molecule has 0 bridgehead atoms. The molecule has 0 saturated heterocycles. The standard InChI is InChI=1S/C11H10N2O2S/c14-10-7-16-11(15)9(10)6-12-13-8-4-2-1-3-5-8/h1-6,13-14H,7H2/b12-6+. The van der Waals surface area contributed by atoms with Crippen LogP contribution in [0.15, 0.2) is 46.8 Å². The van der Waals surface area contributed by atoms with Crippen molar-refractivity contribution in [2.75, 3.05) is 11.2 Å². The third kappa shape index (κ3) is 2.43. The lowest BCUT2D eigenvalue weighted by molar-refractivity contribution is -0.107. The zero-order valence-corrected chi connectivity index (χ0v) is 9.20. The molecule has 0 unspecified atom stereocenters.